The van der Waals surface area contributed by atoms with Crippen molar-refractivity contribution in [1.29, 1.82) is 0 Å². The van der Waals surface area contributed by atoms with Gasteiger partial charge >= 0.3 is 0 Å². The lowest BCUT2D eigenvalue weighted by molar-refractivity contribution is 0.457. The summed E-state index contributed by atoms with van der Waals surface area (Å²) in [6, 6.07) is 0.579. The van der Waals surface area contributed by atoms with E-state index in [-0.39, 0.29) is 0 Å². The molecule has 2 nitrogen and oxygen atoms in total. The van der Waals surface area contributed by atoms with Crippen LogP contribution in [0.2, 0.25) is 0 Å². The van der Waals surface area contributed by atoms with Gasteiger partial charge in [0.15, 0.2) is 0 Å². The molecule has 3 N–H and O–H groups in total. The Morgan fingerprint density at radius 1 is 1.22 bits per heavy atom. The molecule has 1 fully saturated rings. The largest absolute Gasteiger partial charge is 0.271 e. The van der Waals surface area contributed by atoms with Crippen LogP contribution in [-0.2, 0) is 0 Å². The first-order valence-corrected chi connectivity index (χ1v) is 3.70. The number of nitrogens with two attached hydrogens (primary N) is 1. The van der Waals surface area contributed by atoms with Crippen LogP contribution in [0.1, 0.15) is 26.7 Å². The van der Waals surface area contributed by atoms with Gasteiger partial charge < -0.3 is 0 Å². The second kappa shape index (κ2) is 2.67. The van der Waals surface area contributed by atoms with E-state index in [1.807, 2.05) is 0 Å². The van der Waals surface area contributed by atoms with Crippen molar-refractivity contribution in [3.05, 3.63) is 0 Å². The standard InChI is InChI=1S/C7H16N2/c1-5-3-7(9-8)4-6(5)2/h5-7,9H,3-4,8H2,1-2H3. The zero-order valence-electron chi connectivity index (χ0n) is 6.22. The molecule has 0 spiro atoms. The number of hydrogen-bond acceptors (Lipinski definition) is 2. The number of hydrazine groups is 1. The molecule has 1 aliphatic carbocycles. The molecule has 0 aromatic heterocycles. The summed E-state index contributed by atoms with van der Waals surface area (Å²) in [4.78, 5) is 0. The van der Waals surface area contributed by atoms with E-state index in [4.69, 9.17) is 5.84 Å². The highest BCUT2D eigenvalue weighted by atomic mass is 15.2. The first-order valence-electron chi connectivity index (χ1n) is 3.70. The lowest BCUT2D eigenvalue weighted by atomic mass is 10.0. The van der Waals surface area contributed by atoms with E-state index in [0.29, 0.717) is 6.04 Å². The van der Waals surface area contributed by atoms with Crippen molar-refractivity contribution >= 4 is 0 Å². The second-order valence-electron chi connectivity index (χ2n) is 3.29. The molecule has 0 heterocycles. The second-order valence-corrected chi connectivity index (χ2v) is 3.29. The van der Waals surface area contributed by atoms with Gasteiger partial charge in [0.1, 0.15) is 0 Å². The van der Waals surface area contributed by atoms with Crippen LogP contribution in [0.25, 0.3) is 0 Å². The van der Waals surface area contributed by atoms with Crippen molar-refractivity contribution in [2.45, 2.75) is 32.7 Å². The molecular weight excluding hydrogens is 112 g/mol. The Bertz CT molecular complexity index is 82.9. The topological polar surface area (TPSA) is 38.0 Å². The molecule has 2 atom stereocenters. The summed E-state index contributed by atoms with van der Waals surface area (Å²) in [5.41, 5.74) is 2.82. The van der Waals surface area contributed by atoms with Crippen LogP contribution in [0.5, 0.6) is 0 Å². The van der Waals surface area contributed by atoms with E-state index in [9.17, 15) is 0 Å². The van der Waals surface area contributed by atoms with E-state index in [1.165, 1.54) is 12.8 Å². The summed E-state index contributed by atoms with van der Waals surface area (Å²) in [6.07, 6.45) is 2.50. The monoisotopic (exact) mass is 128 g/mol. The molecule has 9 heavy (non-hydrogen) atoms. The Morgan fingerprint density at radius 3 is 1.89 bits per heavy atom. The van der Waals surface area contributed by atoms with Gasteiger partial charge in [-0.1, -0.05) is 13.8 Å². The minimum atomic E-state index is 0.579. The number of rotatable bonds is 1. The third-order valence-corrected chi connectivity index (χ3v) is 2.52. The fraction of sp³-hybridized carbons (Fsp3) is 1.00. The summed E-state index contributed by atoms with van der Waals surface area (Å²) >= 11 is 0. The van der Waals surface area contributed by atoms with Crippen molar-refractivity contribution in [2.75, 3.05) is 0 Å². The molecule has 0 aromatic rings. The molecule has 54 valence electrons. The lowest BCUT2D eigenvalue weighted by Crippen LogP contribution is -2.32. The molecule has 1 aliphatic rings. The molecule has 0 bridgehead atoms. The third-order valence-electron chi connectivity index (χ3n) is 2.52. The van der Waals surface area contributed by atoms with Crippen LogP contribution in [0.4, 0.5) is 0 Å². The summed E-state index contributed by atoms with van der Waals surface area (Å²) < 4.78 is 0. The van der Waals surface area contributed by atoms with E-state index in [0.717, 1.165) is 11.8 Å². The summed E-state index contributed by atoms with van der Waals surface area (Å²) in [6.45, 7) is 4.59. The zero-order chi connectivity index (χ0) is 6.85. The van der Waals surface area contributed by atoms with Crippen molar-refractivity contribution in [3.8, 4) is 0 Å². The molecule has 0 aromatic carbocycles. The Balaban J connectivity index is 2.35. The van der Waals surface area contributed by atoms with E-state index in [1.54, 1.807) is 0 Å². The maximum Gasteiger partial charge on any atom is 0.0215 e. The average molecular weight is 128 g/mol. The van der Waals surface area contributed by atoms with Gasteiger partial charge in [-0.05, 0) is 24.7 Å². The van der Waals surface area contributed by atoms with Gasteiger partial charge in [-0.3, -0.25) is 11.3 Å². The highest BCUT2D eigenvalue weighted by Gasteiger charge is 2.26. The Kier molecular flexibility index (Phi) is 2.09. The minimum absolute atomic E-state index is 0.579. The fourth-order valence-corrected chi connectivity index (χ4v) is 1.59. The Labute approximate surface area is 56.8 Å². The van der Waals surface area contributed by atoms with E-state index < -0.39 is 0 Å². The van der Waals surface area contributed by atoms with Crippen LogP contribution in [0.3, 0.4) is 0 Å². The fourth-order valence-electron chi connectivity index (χ4n) is 1.59. The summed E-state index contributed by atoms with van der Waals surface area (Å²) in [5, 5.41) is 0. The van der Waals surface area contributed by atoms with Gasteiger partial charge in [0.05, 0.1) is 0 Å². The van der Waals surface area contributed by atoms with Gasteiger partial charge in [-0.2, -0.15) is 0 Å². The zero-order valence-corrected chi connectivity index (χ0v) is 6.22. The predicted octanol–water partition coefficient (Wildman–Crippen LogP) is 0.884. The third kappa shape index (κ3) is 1.43. The SMILES string of the molecule is CC1CC(NN)CC1C. The van der Waals surface area contributed by atoms with Gasteiger partial charge in [-0.25, -0.2) is 0 Å². The predicted molar refractivity (Wildman–Crippen MR) is 38.7 cm³/mol. The molecule has 0 saturated heterocycles. The Morgan fingerprint density at radius 2 is 1.67 bits per heavy atom. The van der Waals surface area contributed by atoms with Crippen LogP contribution >= 0.6 is 0 Å². The first-order chi connectivity index (χ1) is 4.24. The molecule has 2 heteroatoms. The lowest BCUT2D eigenvalue weighted by Gasteiger charge is -2.04. The van der Waals surface area contributed by atoms with Crippen LogP contribution in [0.15, 0.2) is 0 Å². The molecule has 1 rings (SSSR count). The van der Waals surface area contributed by atoms with Crippen molar-refractivity contribution in [3.63, 3.8) is 0 Å². The van der Waals surface area contributed by atoms with Crippen LogP contribution in [0, 0.1) is 11.8 Å². The quantitative estimate of drug-likeness (QED) is 0.406. The molecule has 0 amide bonds. The van der Waals surface area contributed by atoms with Crippen LogP contribution in [-0.4, -0.2) is 6.04 Å². The van der Waals surface area contributed by atoms with E-state index in [2.05, 4.69) is 19.3 Å². The maximum atomic E-state index is 5.31. The molecule has 1 saturated carbocycles. The minimum Gasteiger partial charge on any atom is -0.271 e. The Hall–Kier alpha value is -0.0800. The molecule has 0 aliphatic heterocycles. The molecular formula is C7H16N2. The smallest absolute Gasteiger partial charge is 0.0215 e. The average Bonchev–Trinajstić information content (AvgIpc) is 2.13. The van der Waals surface area contributed by atoms with Crippen LogP contribution < -0.4 is 11.3 Å². The summed E-state index contributed by atoms with van der Waals surface area (Å²) in [5.74, 6) is 7.01. The number of hydrogen-bond donors (Lipinski definition) is 2. The highest BCUT2D eigenvalue weighted by molar-refractivity contribution is 4.81. The first kappa shape index (κ1) is 7.03. The maximum absolute atomic E-state index is 5.31. The van der Waals surface area contributed by atoms with Gasteiger partial charge in [0, 0.05) is 6.04 Å². The van der Waals surface area contributed by atoms with Crippen molar-refractivity contribution in [2.24, 2.45) is 17.7 Å². The van der Waals surface area contributed by atoms with Gasteiger partial charge in [0.2, 0.25) is 0 Å². The normalized spacial score (nSPS) is 43.7. The molecule has 0 radical (unpaired) electrons. The van der Waals surface area contributed by atoms with Crippen molar-refractivity contribution < 1.29 is 0 Å². The van der Waals surface area contributed by atoms with Crippen molar-refractivity contribution in [1.82, 2.24) is 5.43 Å². The molecule has 2 unspecified atom stereocenters. The number of nitrogens with one attached hydrogen (secondary N) is 1. The highest BCUT2D eigenvalue weighted by Crippen LogP contribution is 2.30. The summed E-state index contributed by atoms with van der Waals surface area (Å²) in [7, 11) is 0. The van der Waals surface area contributed by atoms with E-state index >= 15 is 0 Å². The van der Waals surface area contributed by atoms with Gasteiger partial charge in [0.25, 0.3) is 0 Å². The van der Waals surface area contributed by atoms with Gasteiger partial charge in [-0.15, -0.1) is 0 Å².